The van der Waals surface area contributed by atoms with Gasteiger partial charge in [-0.2, -0.15) is 0 Å². The van der Waals surface area contributed by atoms with Gasteiger partial charge in [-0.1, -0.05) is 26.0 Å². The molecule has 0 saturated heterocycles. The predicted octanol–water partition coefficient (Wildman–Crippen LogP) is 4.12. The standard InChI is InChI=1S/C11H13N.C2H6/c1-7-4-5-10-8(2)9(3)12-11(10)6-7;1-2/h4-6,12H,1-3H3;1-2H3. The van der Waals surface area contributed by atoms with Gasteiger partial charge in [0, 0.05) is 16.6 Å². The maximum Gasteiger partial charge on any atom is 0.0461 e. The van der Waals surface area contributed by atoms with Gasteiger partial charge in [-0.3, -0.25) is 0 Å². The molecular formula is C13H19N. The highest BCUT2D eigenvalue weighted by atomic mass is 14.7. The van der Waals surface area contributed by atoms with Gasteiger partial charge in [0.25, 0.3) is 0 Å². The maximum absolute atomic E-state index is 3.37. The maximum atomic E-state index is 3.37. The molecule has 0 atom stereocenters. The van der Waals surface area contributed by atoms with Gasteiger partial charge in [-0.05, 0) is 38.0 Å². The third-order valence-corrected chi connectivity index (χ3v) is 2.46. The van der Waals surface area contributed by atoms with E-state index in [1.807, 2.05) is 13.8 Å². The lowest BCUT2D eigenvalue weighted by Gasteiger charge is -1.92. The van der Waals surface area contributed by atoms with Crippen molar-refractivity contribution in [3.8, 4) is 0 Å². The first-order valence-corrected chi connectivity index (χ1v) is 5.24. The minimum absolute atomic E-state index is 1.25. The van der Waals surface area contributed by atoms with E-state index in [4.69, 9.17) is 0 Å². The lowest BCUT2D eigenvalue weighted by Crippen LogP contribution is -1.72. The van der Waals surface area contributed by atoms with Gasteiger partial charge in [0.2, 0.25) is 0 Å². The lowest BCUT2D eigenvalue weighted by atomic mass is 10.1. The largest absolute Gasteiger partial charge is 0.358 e. The lowest BCUT2D eigenvalue weighted by molar-refractivity contribution is 1.25. The second-order valence-electron chi connectivity index (χ2n) is 3.42. The molecule has 1 aromatic carbocycles. The zero-order valence-electron chi connectivity index (χ0n) is 9.73. The molecule has 0 aliphatic heterocycles. The van der Waals surface area contributed by atoms with E-state index in [9.17, 15) is 0 Å². The topological polar surface area (TPSA) is 15.8 Å². The van der Waals surface area contributed by atoms with Crippen molar-refractivity contribution in [2.75, 3.05) is 0 Å². The van der Waals surface area contributed by atoms with E-state index in [0.717, 1.165) is 0 Å². The summed E-state index contributed by atoms with van der Waals surface area (Å²) < 4.78 is 0. The van der Waals surface area contributed by atoms with Gasteiger partial charge < -0.3 is 4.98 Å². The Labute approximate surface area is 86.2 Å². The summed E-state index contributed by atoms with van der Waals surface area (Å²) in [7, 11) is 0. The van der Waals surface area contributed by atoms with Crippen molar-refractivity contribution < 1.29 is 0 Å². The Balaban J connectivity index is 0.000000461. The van der Waals surface area contributed by atoms with Crippen LogP contribution in [0.2, 0.25) is 0 Å². The number of aromatic nitrogens is 1. The molecule has 0 unspecified atom stereocenters. The van der Waals surface area contributed by atoms with E-state index in [-0.39, 0.29) is 0 Å². The summed E-state index contributed by atoms with van der Waals surface area (Å²) in [5.41, 5.74) is 5.20. The average Bonchev–Trinajstić information content (AvgIpc) is 2.45. The fourth-order valence-electron chi connectivity index (χ4n) is 1.59. The molecule has 0 amide bonds. The van der Waals surface area contributed by atoms with Crippen LogP contribution in [0.3, 0.4) is 0 Å². The summed E-state index contributed by atoms with van der Waals surface area (Å²) in [6.07, 6.45) is 0. The number of hydrogen-bond acceptors (Lipinski definition) is 0. The van der Waals surface area contributed by atoms with Gasteiger partial charge in [-0.15, -0.1) is 0 Å². The Morgan fingerprint density at radius 2 is 1.64 bits per heavy atom. The van der Waals surface area contributed by atoms with E-state index in [2.05, 4.69) is 44.0 Å². The molecule has 76 valence electrons. The van der Waals surface area contributed by atoms with E-state index in [1.54, 1.807) is 0 Å². The normalized spacial score (nSPS) is 9.79. The zero-order valence-corrected chi connectivity index (χ0v) is 9.73. The Morgan fingerprint density at radius 1 is 1.00 bits per heavy atom. The van der Waals surface area contributed by atoms with Crippen molar-refractivity contribution in [2.45, 2.75) is 34.6 Å². The molecule has 0 radical (unpaired) electrons. The van der Waals surface area contributed by atoms with E-state index >= 15 is 0 Å². The second kappa shape index (κ2) is 4.32. The average molecular weight is 189 g/mol. The molecule has 2 rings (SSSR count). The van der Waals surface area contributed by atoms with Crippen LogP contribution < -0.4 is 0 Å². The van der Waals surface area contributed by atoms with Crippen molar-refractivity contribution in [1.82, 2.24) is 4.98 Å². The first kappa shape index (κ1) is 10.8. The third kappa shape index (κ3) is 1.82. The van der Waals surface area contributed by atoms with Crippen LogP contribution in [0.15, 0.2) is 18.2 Å². The molecule has 1 N–H and O–H groups in total. The summed E-state index contributed by atoms with van der Waals surface area (Å²) in [4.78, 5) is 3.37. The highest BCUT2D eigenvalue weighted by Crippen LogP contribution is 2.21. The molecule has 14 heavy (non-hydrogen) atoms. The quantitative estimate of drug-likeness (QED) is 0.641. The fourth-order valence-corrected chi connectivity index (χ4v) is 1.59. The minimum Gasteiger partial charge on any atom is -0.358 e. The van der Waals surface area contributed by atoms with E-state index in [1.165, 1.54) is 27.7 Å². The minimum atomic E-state index is 1.25. The van der Waals surface area contributed by atoms with Gasteiger partial charge in [0.1, 0.15) is 0 Å². The Kier molecular flexibility index (Phi) is 3.34. The number of fused-ring (bicyclic) bond motifs is 1. The van der Waals surface area contributed by atoms with Gasteiger partial charge in [-0.25, -0.2) is 0 Å². The summed E-state index contributed by atoms with van der Waals surface area (Å²) >= 11 is 0. The van der Waals surface area contributed by atoms with Crippen molar-refractivity contribution >= 4 is 10.9 Å². The highest BCUT2D eigenvalue weighted by Gasteiger charge is 2.02. The SMILES string of the molecule is CC.Cc1ccc2c(C)c(C)[nH]c2c1. The number of hydrogen-bond donors (Lipinski definition) is 1. The van der Waals surface area contributed by atoms with Crippen LogP contribution in [-0.2, 0) is 0 Å². The van der Waals surface area contributed by atoms with Crippen LogP contribution in [0.1, 0.15) is 30.7 Å². The molecule has 0 fully saturated rings. The van der Waals surface area contributed by atoms with Gasteiger partial charge >= 0.3 is 0 Å². The van der Waals surface area contributed by atoms with Crippen molar-refractivity contribution in [3.63, 3.8) is 0 Å². The number of H-pyrrole nitrogens is 1. The molecule has 0 aliphatic carbocycles. The molecule has 1 heterocycles. The monoisotopic (exact) mass is 189 g/mol. The molecule has 0 bridgehead atoms. The predicted molar refractivity (Wildman–Crippen MR) is 63.9 cm³/mol. The smallest absolute Gasteiger partial charge is 0.0461 e. The summed E-state index contributed by atoms with van der Waals surface area (Å²) in [5.74, 6) is 0. The van der Waals surface area contributed by atoms with E-state index < -0.39 is 0 Å². The molecule has 1 heteroatoms. The van der Waals surface area contributed by atoms with Gasteiger partial charge in [0.15, 0.2) is 0 Å². The van der Waals surface area contributed by atoms with Crippen LogP contribution in [0.25, 0.3) is 10.9 Å². The third-order valence-electron chi connectivity index (χ3n) is 2.46. The van der Waals surface area contributed by atoms with Crippen LogP contribution in [0.5, 0.6) is 0 Å². The first-order valence-electron chi connectivity index (χ1n) is 5.24. The summed E-state index contributed by atoms with van der Waals surface area (Å²) in [6, 6.07) is 6.53. The van der Waals surface area contributed by atoms with Crippen LogP contribution >= 0.6 is 0 Å². The van der Waals surface area contributed by atoms with Crippen molar-refractivity contribution in [3.05, 3.63) is 35.0 Å². The Morgan fingerprint density at radius 3 is 2.29 bits per heavy atom. The van der Waals surface area contributed by atoms with E-state index in [0.29, 0.717) is 0 Å². The number of nitrogens with one attached hydrogen (secondary N) is 1. The first-order chi connectivity index (χ1) is 6.68. The number of aromatic amines is 1. The Hall–Kier alpha value is -1.24. The van der Waals surface area contributed by atoms with Crippen LogP contribution in [-0.4, -0.2) is 4.98 Å². The second-order valence-corrected chi connectivity index (χ2v) is 3.42. The molecule has 1 aromatic heterocycles. The molecule has 0 saturated carbocycles. The van der Waals surface area contributed by atoms with Crippen molar-refractivity contribution in [1.29, 1.82) is 0 Å². The zero-order chi connectivity index (χ0) is 10.7. The Bertz CT molecular complexity index is 424. The summed E-state index contributed by atoms with van der Waals surface area (Å²) in [5, 5.41) is 1.35. The molecule has 0 aliphatic rings. The number of benzene rings is 1. The molecule has 1 nitrogen and oxygen atoms in total. The molecule has 2 aromatic rings. The molecular weight excluding hydrogens is 170 g/mol. The summed E-state index contributed by atoms with van der Waals surface area (Å²) in [6.45, 7) is 10.4. The fraction of sp³-hybridized carbons (Fsp3) is 0.385. The van der Waals surface area contributed by atoms with Gasteiger partial charge in [0.05, 0.1) is 0 Å². The number of rotatable bonds is 0. The highest BCUT2D eigenvalue weighted by molar-refractivity contribution is 5.84. The number of aryl methyl sites for hydroxylation is 3. The van der Waals surface area contributed by atoms with Crippen LogP contribution in [0.4, 0.5) is 0 Å². The molecule has 0 spiro atoms. The van der Waals surface area contributed by atoms with Crippen molar-refractivity contribution in [2.24, 2.45) is 0 Å². The van der Waals surface area contributed by atoms with Crippen LogP contribution in [0, 0.1) is 20.8 Å².